The zero-order valence-corrected chi connectivity index (χ0v) is 9.02. The number of hydrogen-bond acceptors (Lipinski definition) is 5. The maximum Gasteiger partial charge on any atom is 0.330 e. The van der Waals surface area contributed by atoms with Crippen molar-refractivity contribution in [3.05, 3.63) is 16.6 Å². The van der Waals surface area contributed by atoms with Crippen molar-refractivity contribution in [2.75, 3.05) is 6.61 Å². The first-order valence-corrected chi connectivity index (χ1v) is 5.30. The lowest BCUT2D eigenvalue weighted by Crippen LogP contribution is -2.26. The van der Waals surface area contributed by atoms with Gasteiger partial charge in [0.1, 0.15) is 5.69 Å². The summed E-state index contributed by atoms with van der Waals surface area (Å²) in [6.45, 7) is 3.97. The van der Waals surface area contributed by atoms with E-state index in [9.17, 15) is 4.57 Å². The highest BCUT2D eigenvalue weighted by molar-refractivity contribution is 7.17. The fourth-order valence-corrected chi connectivity index (χ4v) is 1.76. The quantitative estimate of drug-likeness (QED) is 0.562. The molecule has 0 N–H and O–H groups in total. The van der Waals surface area contributed by atoms with Gasteiger partial charge in [-0.05, 0) is 13.8 Å². The maximum absolute atomic E-state index is 10.4. The third-order valence-electron chi connectivity index (χ3n) is 1.49. The molecule has 71 valence electrons. The average molecular weight is 218 g/mol. The second kappa shape index (κ2) is 4.77. The second-order valence-corrected chi connectivity index (χ2v) is 3.35. The number of rotatable bonds is 5. The molecule has 0 aliphatic carbocycles. The largest absolute Gasteiger partial charge is 0.345 e. The van der Waals surface area contributed by atoms with Crippen LogP contribution in [0, 0.1) is 5.51 Å². The zero-order valence-electron chi connectivity index (χ0n) is 7.31. The normalized spacial score (nSPS) is 15.8. The van der Waals surface area contributed by atoms with E-state index in [0.717, 1.165) is 0 Å². The van der Waals surface area contributed by atoms with Crippen LogP contribution in [0.25, 0.3) is 0 Å². The summed E-state index contributed by atoms with van der Waals surface area (Å²) < 4.78 is 20.6. The fraction of sp³-hybridized carbons (Fsp3) is 0.571. The molecule has 0 amide bonds. The van der Waals surface area contributed by atoms with Gasteiger partial charge >= 0.3 is 8.69 Å². The Morgan fingerprint density at radius 2 is 2.62 bits per heavy atom. The van der Waals surface area contributed by atoms with Gasteiger partial charge in [0.25, 0.3) is 0 Å². The Morgan fingerprint density at radius 3 is 3.08 bits per heavy atom. The van der Waals surface area contributed by atoms with Gasteiger partial charge in [0.05, 0.1) is 0 Å². The highest BCUT2D eigenvalue weighted by atomic mass is 32.1. The summed E-state index contributed by atoms with van der Waals surface area (Å²) in [5.41, 5.74) is 3.26. The van der Waals surface area contributed by atoms with Crippen molar-refractivity contribution in [1.82, 2.24) is 4.98 Å². The average Bonchev–Trinajstić information content (AvgIpc) is 2.57. The van der Waals surface area contributed by atoms with E-state index < -0.39 is 14.5 Å². The number of aromatic nitrogens is 1. The Hall–Kier alpha value is -0.350. The van der Waals surface area contributed by atoms with Crippen LogP contribution in [0.3, 0.4) is 0 Å². The Balaban J connectivity index is 2.83. The van der Waals surface area contributed by atoms with Gasteiger partial charge in [-0.15, -0.1) is 11.3 Å². The molecular formula is C7H9NO3PS. The molecule has 4 nitrogen and oxygen atoms in total. The summed E-state index contributed by atoms with van der Waals surface area (Å²) in [4.78, 5) is 3.93. The Morgan fingerprint density at radius 1 is 1.85 bits per heavy atom. The van der Waals surface area contributed by atoms with Crippen LogP contribution < -0.4 is 0 Å². The van der Waals surface area contributed by atoms with Gasteiger partial charge in [-0.2, -0.15) is 0 Å². The summed E-state index contributed by atoms with van der Waals surface area (Å²) in [5, 5.41) is 1.75. The zero-order chi connectivity index (χ0) is 9.73. The fourth-order valence-electron chi connectivity index (χ4n) is 0.886. The molecule has 6 heteroatoms. The SMILES string of the molecule is CCOC(C)(OP=O)c1cs[c]n1. The topological polar surface area (TPSA) is 48.4 Å². The highest BCUT2D eigenvalue weighted by Gasteiger charge is 2.31. The molecule has 13 heavy (non-hydrogen) atoms. The molecule has 0 aliphatic heterocycles. The van der Waals surface area contributed by atoms with Crippen LogP contribution in [0.5, 0.6) is 0 Å². The summed E-state index contributed by atoms with van der Waals surface area (Å²) in [5.74, 6) is -1.03. The van der Waals surface area contributed by atoms with Crippen LogP contribution in [-0.2, 0) is 19.6 Å². The van der Waals surface area contributed by atoms with E-state index in [-0.39, 0.29) is 0 Å². The summed E-state index contributed by atoms with van der Waals surface area (Å²) in [6.07, 6.45) is 0. The van der Waals surface area contributed by atoms with Crippen LogP contribution in [0.2, 0.25) is 0 Å². The van der Waals surface area contributed by atoms with Crippen molar-refractivity contribution in [3.8, 4) is 0 Å². The lowest BCUT2D eigenvalue weighted by atomic mass is 10.2. The number of ether oxygens (including phenoxy) is 1. The van der Waals surface area contributed by atoms with E-state index in [1.807, 2.05) is 6.92 Å². The predicted octanol–water partition coefficient (Wildman–Crippen LogP) is 2.38. The number of nitrogens with zero attached hydrogens (tertiary/aromatic N) is 1. The van der Waals surface area contributed by atoms with Crippen LogP contribution >= 0.6 is 20.0 Å². The molecule has 0 spiro atoms. The predicted molar refractivity (Wildman–Crippen MR) is 48.6 cm³/mol. The van der Waals surface area contributed by atoms with Crippen molar-refractivity contribution in [2.45, 2.75) is 19.6 Å². The molecule has 0 bridgehead atoms. The molecule has 1 unspecified atom stereocenters. The van der Waals surface area contributed by atoms with Crippen molar-refractivity contribution < 1.29 is 13.8 Å². The lowest BCUT2D eigenvalue weighted by molar-refractivity contribution is -0.171. The molecule has 0 fully saturated rings. The minimum absolute atomic E-state index is 0.422. The Kier molecular flexibility index (Phi) is 3.93. The molecule has 1 rings (SSSR count). The van der Waals surface area contributed by atoms with Gasteiger partial charge in [-0.25, -0.2) is 9.55 Å². The first-order valence-electron chi connectivity index (χ1n) is 3.69. The van der Waals surface area contributed by atoms with Crippen molar-refractivity contribution in [2.24, 2.45) is 0 Å². The molecule has 0 saturated heterocycles. The van der Waals surface area contributed by atoms with E-state index in [0.29, 0.717) is 12.3 Å². The minimum atomic E-state index is -1.03. The lowest BCUT2D eigenvalue weighted by Gasteiger charge is -2.23. The summed E-state index contributed by atoms with van der Waals surface area (Å²) in [6, 6.07) is 0. The highest BCUT2D eigenvalue weighted by Crippen LogP contribution is 2.29. The molecule has 1 aromatic rings. The summed E-state index contributed by atoms with van der Waals surface area (Å²) >= 11 is 1.32. The molecule has 0 aromatic carbocycles. The van der Waals surface area contributed by atoms with Gasteiger partial charge in [-0.3, -0.25) is 4.52 Å². The van der Waals surface area contributed by atoms with Crippen LogP contribution in [0.1, 0.15) is 19.5 Å². The van der Waals surface area contributed by atoms with E-state index in [4.69, 9.17) is 9.26 Å². The first kappa shape index (κ1) is 10.7. The van der Waals surface area contributed by atoms with Gasteiger partial charge in [0.2, 0.25) is 5.79 Å². The van der Waals surface area contributed by atoms with E-state index in [2.05, 4.69) is 10.5 Å². The first-order chi connectivity index (χ1) is 6.23. The molecular weight excluding hydrogens is 209 g/mol. The van der Waals surface area contributed by atoms with Crippen LogP contribution in [0.4, 0.5) is 0 Å². The number of thiazole rings is 1. The smallest absolute Gasteiger partial charge is 0.330 e. The number of hydrogen-bond donors (Lipinski definition) is 0. The monoisotopic (exact) mass is 218 g/mol. The third-order valence-corrected chi connectivity index (χ3v) is 2.45. The summed E-state index contributed by atoms with van der Waals surface area (Å²) in [7, 11) is -0.422. The van der Waals surface area contributed by atoms with E-state index in [1.165, 1.54) is 11.3 Å². The standard InChI is InChI=1S/C7H9NO3PS/c1-3-10-7(2,11-12-9)6-4-13-5-8-6/h4H,3H2,1-2H3. The third kappa shape index (κ3) is 2.54. The maximum atomic E-state index is 10.4. The Labute approximate surface area is 82.2 Å². The van der Waals surface area contributed by atoms with E-state index in [1.54, 1.807) is 12.3 Å². The second-order valence-electron chi connectivity index (χ2n) is 2.37. The van der Waals surface area contributed by atoms with Gasteiger partial charge < -0.3 is 4.74 Å². The molecule has 1 radical (unpaired) electrons. The van der Waals surface area contributed by atoms with Crippen molar-refractivity contribution in [1.29, 1.82) is 0 Å². The van der Waals surface area contributed by atoms with Gasteiger partial charge in [-0.1, -0.05) is 0 Å². The van der Waals surface area contributed by atoms with Gasteiger partial charge in [0.15, 0.2) is 5.51 Å². The molecule has 0 aliphatic rings. The molecule has 1 aromatic heterocycles. The Bertz CT molecular complexity index is 267. The van der Waals surface area contributed by atoms with Crippen molar-refractivity contribution >= 4 is 20.0 Å². The molecule has 1 atom stereocenters. The molecule has 0 saturated carbocycles. The van der Waals surface area contributed by atoms with Crippen LogP contribution in [0.15, 0.2) is 5.38 Å². The molecule has 1 heterocycles. The van der Waals surface area contributed by atoms with E-state index >= 15 is 0 Å². The van der Waals surface area contributed by atoms with Crippen LogP contribution in [-0.4, -0.2) is 11.6 Å². The minimum Gasteiger partial charge on any atom is -0.345 e. The van der Waals surface area contributed by atoms with Crippen molar-refractivity contribution in [3.63, 3.8) is 0 Å². The van der Waals surface area contributed by atoms with Gasteiger partial charge in [0, 0.05) is 12.0 Å².